The largest absolute Gasteiger partial charge is 0.494 e. The number of unbranched alkanes of at least 4 members (excludes halogenated alkanes) is 1. The molecule has 0 aromatic heterocycles. The van der Waals surface area contributed by atoms with E-state index in [1.807, 2.05) is 13.8 Å². The second-order valence-corrected chi connectivity index (χ2v) is 6.33. The molecular formula is C20H30N2O5. The number of hydrogen-bond donors (Lipinski definition) is 2. The number of rotatable bonds is 12. The molecule has 1 aromatic rings. The van der Waals surface area contributed by atoms with Crippen LogP contribution in [0.15, 0.2) is 24.3 Å². The first-order chi connectivity index (χ1) is 13.0. The first-order valence-corrected chi connectivity index (χ1v) is 9.42. The highest BCUT2D eigenvalue weighted by molar-refractivity contribution is 5.96. The fraction of sp³-hybridized carbons (Fsp3) is 0.550. The summed E-state index contributed by atoms with van der Waals surface area (Å²) < 4.78 is 10.4. The zero-order valence-electron chi connectivity index (χ0n) is 16.4. The summed E-state index contributed by atoms with van der Waals surface area (Å²) in [5, 5.41) is 5.20. The van der Waals surface area contributed by atoms with Crippen molar-refractivity contribution in [3.63, 3.8) is 0 Å². The van der Waals surface area contributed by atoms with Gasteiger partial charge in [0.05, 0.1) is 6.61 Å². The Morgan fingerprint density at radius 2 is 1.78 bits per heavy atom. The van der Waals surface area contributed by atoms with E-state index >= 15 is 0 Å². The topological polar surface area (TPSA) is 93.7 Å². The van der Waals surface area contributed by atoms with Crippen molar-refractivity contribution < 1.29 is 23.9 Å². The molecule has 0 aliphatic rings. The highest BCUT2D eigenvalue weighted by Gasteiger charge is 2.12. The number of carbonyl (C=O) groups excluding carboxylic acids is 3. The molecule has 1 aromatic carbocycles. The molecule has 0 radical (unpaired) electrons. The standard InChI is InChI=1S/C20H30N2O5/c1-4-6-12-26-17-10-8-16(9-11-17)20(25)21-13-19(24)27-14-18(23)22-15(3)7-5-2/h8-11,15H,4-7,12-14H2,1-3H3,(H,21,25)(H,22,23)/t15-/m1/s1. The summed E-state index contributed by atoms with van der Waals surface area (Å²) in [4.78, 5) is 35.3. The van der Waals surface area contributed by atoms with E-state index in [4.69, 9.17) is 9.47 Å². The van der Waals surface area contributed by atoms with Gasteiger partial charge in [0.1, 0.15) is 12.3 Å². The smallest absolute Gasteiger partial charge is 0.325 e. The fourth-order valence-corrected chi connectivity index (χ4v) is 2.31. The van der Waals surface area contributed by atoms with E-state index in [1.54, 1.807) is 24.3 Å². The molecular weight excluding hydrogens is 348 g/mol. The Morgan fingerprint density at radius 1 is 1.07 bits per heavy atom. The molecule has 1 atom stereocenters. The van der Waals surface area contributed by atoms with Gasteiger partial charge in [-0.3, -0.25) is 14.4 Å². The third-order valence-corrected chi connectivity index (χ3v) is 3.77. The molecule has 0 saturated heterocycles. The van der Waals surface area contributed by atoms with Crippen molar-refractivity contribution in [1.29, 1.82) is 0 Å². The van der Waals surface area contributed by atoms with Crippen molar-refractivity contribution >= 4 is 17.8 Å². The molecule has 0 heterocycles. The van der Waals surface area contributed by atoms with E-state index in [1.165, 1.54) is 0 Å². The van der Waals surface area contributed by atoms with Gasteiger partial charge in [-0.15, -0.1) is 0 Å². The molecule has 27 heavy (non-hydrogen) atoms. The van der Waals surface area contributed by atoms with Gasteiger partial charge in [-0.05, 0) is 44.0 Å². The van der Waals surface area contributed by atoms with Gasteiger partial charge in [-0.25, -0.2) is 0 Å². The summed E-state index contributed by atoms with van der Waals surface area (Å²) in [6.45, 7) is 5.99. The van der Waals surface area contributed by atoms with Gasteiger partial charge in [0.25, 0.3) is 11.8 Å². The molecule has 2 N–H and O–H groups in total. The summed E-state index contributed by atoms with van der Waals surface area (Å²) in [5.41, 5.74) is 0.414. The van der Waals surface area contributed by atoms with Crippen molar-refractivity contribution in [2.24, 2.45) is 0 Å². The van der Waals surface area contributed by atoms with Crippen LogP contribution in [-0.2, 0) is 14.3 Å². The first-order valence-electron chi connectivity index (χ1n) is 9.42. The van der Waals surface area contributed by atoms with Crippen LogP contribution in [0.1, 0.15) is 56.8 Å². The zero-order valence-corrected chi connectivity index (χ0v) is 16.4. The highest BCUT2D eigenvalue weighted by Crippen LogP contribution is 2.12. The molecule has 0 bridgehead atoms. The molecule has 0 fully saturated rings. The molecule has 0 unspecified atom stereocenters. The van der Waals surface area contributed by atoms with E-state index in [-0.39, 0.29) is 25.1 Å². The number of nitrogens with one attached hydrogen (secondary N) is 2. The molecule has 0 saturated carbocycles. The van der Waals surface area contributed by atoms with E-state index in [9.17, 15) is 14.4 Å². The van der Waals surface area contributed by atoms with Gasteiger partial charge >= 0.3 is 5.97 Å². The number of carbonyl (C=O) groups is 3. The second-order valence-electron chi connectivity index (χ2n) is 6.33. The number of hydrogen-bond acceptors (Lipinski definition) is 5. The van der Waals surface area contributed by atoms with E-state index < -0.39 is 11.9 Å². The van der Waals surface area contributed by atoms with E-state index in [0.29, 0.717) is 17.9 Å². The minimum Gasteiger partial charge on any atom is -0.494 e. The van der Waals surface area contributed by atoms with Crippen LogP contribution in [0.4, 0.5) is 0 Å². The van der Waals surface area contributed by atoms with Crippen LogP contribution in [0.5, 0.6) is 5.75 Å². The third-order valence-electron chi connectivity index (χ3n) is 3.77. The van der Waals surface area contributed by atoms with E-state index in [0.717, 1.165) is 25.7 Å². The quantitative estimate of drug-likeness (QED) is 0.430. The summed E-state index contributed by atoms with van der Waals surface area (Å²) in [5.74, 6) is -0.716. The van der Waals surface area contributed by atoms with Gasteiger partial charge in [-0.2, -0.15) is 0 Å². The van der Waals surface area contributed by atoms with Crippen molar-refractivity contribution in [2.75, 3.05) is 19.8 Å². The lowest BCUT2D eigenvalue weighted by Gasteiger charge is -2.12. The molecule has 7 heteroatoms. The van der Waals surface area contributed by atoms with Crippen LogP contribution in [0.3, 0.4) is 0 Å². The average Bonchev–Trinajstić information content (AvgIpc) is 2.65. The summed E-state index contributed by atoms with van der Waals surface area (Å²) >= 11 is 0. The zero-order chi connectivity index (χ0) is 20.1. The Balaban J connectivity index is 2.30. The molecule has 0 spiro atoms. The monoisotopic (exact) mass is 378 g/mol. The highest BCUT2D eigenvalue weighted by atomic mass is 16.5. The average molecular weight is 378 g/mol. The molecule has 0 aliphatic heterocycles. The first kappa shape index (κ1) is 22.5. The molecule has 2 amide bonds. The van der Waals surface area contributed by atoms with Gasteiger partial charge < -0.3 is 20.1 Å². The predicted molar refractivity (Wildman–Crippen MR) is 103 cm³/mol. The van der Waals surface area contributed by atoms with Crippen molar-refractivity contribution in [1.82, 2.24) is 10.6 Å². The van der Waals surface area contributed by atoms with Crippen molar-refractivity contribution in [3.05, 3.63) is 29.8 Å². The Hall–Kier alpha value is -2.57. The third kappa shape index (κ3) is 9.63. The lowest BCUT2D eigenvalue weighted by atomic mass is 10.2. The molecule has 150 valence electrons. The normalized spacial score (nSPS) is 11.4. The maximum atomic E-state index is 12.0. The SMILES string of the molecule is CCCCOc1ccc(C(=O)NCC(=O)OCC(=O)N[C@H](C)CCC)cc1. The molecule has 1 rings (SSSR count). The number of ether oxygens (including phenoxy) is 2. The maximum Gasteiger partial charge on any atom is 0.325 e. The van der Waals surface area contributed by atoms with Gasteiger partial charge in [0, 0.05) is 11.6 Å². The summed E-state index contributed by atoms with van der Waals surface area (Å²) in [7, 11) is 0. The van der Waals surface area contributed by atoms with Crippen LogP contribution >= 0.6 is 0 Å². The fourth-order valence-electron chi connectivity index (χ4n) is 2.31. The van der Waals surface area contributed by atoms with Crippen LogP contribution in [0.2, 0.25) is 0 Å². The van der Waals surface area contributed by atoms with Gasteiger partial charge in [-0.1, -0.05) is 26.7 Å². The minimum atomic E-state index is -0.666. The molecule has 7 nitrogen and oxygen atoms in total. The summed E-state index contributed by atoms with van der Waals surface area (Å²) in [6, 6.07) is 6.72. The number of benzene rings is 1. The lowest BCUT2D eigenvalue weighted by molar-refractivity contribution is -0.147. The number of esters is 1. The van der Waals surface area contributed by atoms with E-state index in [2.05, 4.69) is 17.6 Å². The van der Waals surface area contributed by atoms with Crippen LogP contribution < -0.4 is 15.4 Å². The Labute approximate surface area is 160 Å². The molecule has 0 aliphatic carbocycles. The van der Waals surface area contributed by atoms with Crippen molar-refractivity contribution in [2.45, 2.75) is 52.5 Å². The minimum absolute atomic E-state index is 0.0369. The Bertz CT molecular complexity index is 601. The van der Waals surface area contributed by atoms with Crippen LogP contribution in [-0.4, -0.2) is 43.6 Å². The lowest BCUT2D eigenvalue weighted by Crippen LogP contribution is -2.37. The Morgan fingerprint density at radius 3 is 2.41 bits per heavy atom. The maximum absolute atomic E-state index is 12.0. The van der Waals surface area contributed by atoms with Crippen molar-refractivity contribution in [3.8, 4) is 5.75 Å². The number of amides is 2. The summed E-state index contributed by atoms with van der Waals surface area (Å²) in [6.07, 6.45) is 3.84. The second kappa shape index (κ2) is 12.7. The Kier molecular flexibility index (Phi) is 10.6. The van der Waals surface area contributed by atoms with Gasteiger partial charge in [0.15, 0.2) is 6.61 Å². The predicted octanol–water partition coefficient (Wildman–Crippen LogP) is 2.44. The van der Waals surface area contributed by atoms with Crippen LogP contribution in [0.25, 0.3) is 0 Å². The van der Waals surface area contributed by atoms with Gasteiger partial charge in [0.2, 0.25) is 0 Å². The van der Waals surface area contributed by atoms with Crippen LogP contribution in [0, 0.1) is 0 Å².